The second kappa shape index (κ2) is 5.10. The summed E-state index contributed by atoms with van der Waals surface area (Å²) in [7, 11) is -1.45. The summed E-state index contributed by atoms with van der Waals surface area (Å²) in [5, 5.41) is 0.175. The van der Waals surface area contributed by atoms with Crippen molar-refractivity contribution in [3.8, 4) is 11.5 Å². The van der Waals surface area contributed by atoms with E-state index in [9.17, 15) is 9.36 Å². The van der Waals surface area contributed by atoms with Crippen LogP contribution in [0.25, 0.3) is 6.08 Å². The minimum absolute atomic E-state index is 0.175. The molecule has 19 heavy (non-hydrogen) atoms. The SMILES string of the molecule is COC(=O)C(=Cc1ccc2c(c1)OCO2)P(C)(C)=O. The fourth-order valence-electron chi connectivity index (χ4n) is 1.70. The molecule has 0 spiro atoms. The van der Waals surface area contributed by atoms with Gasteiger partial charge < -0.3 is 18.8 Å². The lowest BCUT2D eigenvalue weighted by molar-refractivity contribution is -0.135. The van der Waals surface area contributed by atoms with Crippen molar-refractivity contribution in [2.45, 2.75) is 0 Å². The minimum Gasteiger partial charge on any atom is -0.465 e. The molecule has 1 aromatic carbocycles. The summed E-state index contributed by atoms with van der Waals surface area (Å²) in [6.45, 7) is 3.25. The quantitative estimate of drug-likeness (QED) is 0.484. The van der Waals surface area contributed by atoms with E-state index in [1.807, 2.05) is 0 Å². The standard InChI is InChI=1S/C13H15O5P/c1-16-13(14)12(19(2,3)15)7-9-4-5-10-11(6-9)18-8-17-10/h4-7H,8H2,1-3H3. The summed E-state index contributed by atoms with van der Waals surface area (Å²) in [6.07, 6.45) is 1.56. The van der Waals surface area contributed by atoms with Crippen LogP contribution in [-0.2, 0) is 14.1 Å². The maximum absolute atomic E-state index is 12.1. The minimum atomic E-state index is -2.72. The molecular formula is C13H15O5P. The van der Waals surface area contributed by atoms with Crippen LogP contribution in [0, 0.1) is 0 Å². The maximum atomic E-state index is 12.1. The van der Waals surface area contributed by atoms with E-state index in [2.05, 4.69) is 4.74 Å². The van der Waals surface area contributed by atoms with Gasteiger partial charge in [-0.25, -0.2) is 4.79 Å². The van der Waals surface area contributed by atoms with Crippen molar-refractivity contribution < 1.29 is 23.6 Å². The van der Waals surface area contributed by atoms with Crippen LogP contribution in [0.1, 0.15) is 5.56 Å². The van der Waals surface area contributed by atoms with Crippen LogP contribution in [0.2, 0.25) is 0 Å². The first-order valence-electron chi connectivity index (χ1n) is 5.67. The Kier molecular flexibility index (Phi) is 3.67. The van der Waals surface area contributed by atoms with Crippen molar-refractivity contribution >= 4 is 19.2 Å². The second-order valence-electron chi connectivity index (χ2n) is 4.48. The lowest BCUT2D eigenvalue weighted by Gasteiger charge is -2.10. The molecule has 0 N–H and O–H groups in total. The summed E-state index contributed by atoms with van der Waals surface area (Å²) in [6, 6.07) is 5.26. The predicted molar refractivity (Wildman–Crippen MR) is 72.0 cm³/mol. The van der Waals surface area contributed by atoms with Crippen LogP contribution in [0.3, 0.4) is 0 Å². The second-order valence-corrected chi connectivity index (χ2v) is 7.67. The third-order valence-corrected chi connectivity index (χ3v) is 4.15. The zero-order valence-corrected chi connectivity index (χ0v) is 11.9. The predicted octanol–water partition coefficient (Wildman–Crippen LogP) is 2.55. The number of carbonyl (C=O) groups is 1. The van der Waals surface area contributed by atoms with Gasteiger partial charge in [0.25, 0.3) is 0 Å². The summed E-state index contributed by atoms with van der Waals surface area (Å²) < 4.78 is 27.3. The number of fused-ring (bicyclic) bond motifs is 1. The highest BCUT2D eigenvalue weighted by Crippen LogP contribution is 2.47. The van der Waals surface area contributed by atoms with E-state index in [-0.39, 0.29) is 12.1 Å². The van der Waals surface area contributed by atoms with Gasteiger partial charge in [0.05, 0.1) is 12.4 Å². The average molecular weight is 282 g/mol. The summed E-state index contributed by atoms with van der Waals surface area (Å²) in [5.74, 6) is 0.693. The zero-order valence-electron chi connectivity index (χ0n) is 11.0. The van der Waals surface area contributed by atoms with E-state index in [0.717, 1.165) is 0 Å². The molecule has 0 unspecified atom stereocenters. The zero-order chi connectivity index (χ0) is 14.0. The maximum Gasteiger partial charge on any atom is 0.341 e. The van der Waals surface area contributed by atoms with Crippen molar-refractivity contribution in [2.75, 3.05) is 27.2 Å². The highest BCUT2D eigenvalue weighted by Gasteiger charge is 2.23. The van der Waals surface area contributed by atoms with Crippen molar-refractivity contribution in [1.82, 2.24) is 0 Å². The molecule has 0 fully saturated rings. The first-order chi connectivity index (χ1) is 8.91. The first-order valence-corrected chi connectivity index (χ1v) is 8.27. The van der Waals surface area contributed by atoms with Gasteiger partial charge >= 0.3 is 5.97 Å². The van der Waals surface area contributed by atoms with Gasteiger partial charge in [0.15, 0.2) is 11.5 Å². The molecule has 0 bridgehead atoms. The molecule has 1 aliphatic heterocycles. The van der Waals surface area contributed by atoms with Crippen molar-refractivity contribution in [3.05, 3.63) is 29.1 Å². The lowest BCUT2D eigenvalue weighted by atomic mass is 10.2. The molecule has 0 saturated carbocycles. The van der Waals surface area contributed by atoms with Crippen molar-refractivity contribution in [1.29, 1.82) is 0 Å². The third kappa shape index (κ3) is 2.99. The summed E-state index contributed by atoms with van der Waals surface area (Å²) in [5.41, 5.74) is 0.716. The van der Waals surface area contributed by atoms with Gasteiger partial charge in [0.2, 0.25) is 6.79 Å². The lowest BCUT2D eigenvalue weighted by Crippen LogP contribution is -2.04. The highest BCUT2D eigenvalue weighted by atomic mass is 31.2. The van der Waals surface area contributed by atoms with E-state index < -0.39 is 13.1 Å². The van der Waals surface area contributed by atoms with E-state index in [1.165, 1.54) is 20.4 Å². The Balaban J connectivity index is 2.42. The Labute approximate surface area is 111 Å². The van der Waals surface area contributed by atoms with Crippen LogP contribution in [-0.4, -0.2) is 33.2 Å². The van der Waals surface area contributed by atoms with Crippen molar-refractivity contribution in [3.63, 3.8) is 0 Å². The van der Waals surface area contributed by atoms with E-state index >= 15 is 0 Å². The fourth-order valence-corrected chi connectivity index (χ4v) is 2.69. The number of hydrogen-bond donors (Lipinski definition) is 0. The molecule has 0 saturated heterocycles. The Morgan fingerprint density at radius 2 is 2.00 bits per heavy atom. The third-order valence-electron chi connectivity index (χ3n) is 2.67. The van der Waals surface area contributed by atoms with Gasteiger partial charge in [-0.05, 0) is 37.1 Å². The smallest absolute Gasteiger partial charge is 0.341 e. The first kappa shape index (κ1) is 13.7. The fraction of sp³-hybridized carbons (Fsp3) is 0.308. The molecule has 6 heteroatoms. The number of hydrogen-bond acceptors (Lipinski definition) is 5. The number of rotatable bonds is 3. The Morgan fingerprint density at radius 1 is 1.32 bits per heavy atom. The molecule has 0 aromatic heterocycles. The Hall–Kier alpha value is -1.74. The number of esters is 1. The number of carbonyl (C=O) groups excluding carboxylic acids is 1. The van der Waals surface area contributed by atoms with Crippen molar-refractivity contribution in [2.24, 2.45) is 0 Å². The van der Waals surface area contributed by atoms with Crippen LogP contribution < -0.4 is 9.47 Å². The molecule has 0 aliphatic carbocycles. The number of methoxy groups -OCH3 is 1. The molecule has 1 aromatic rings. The average Bonchev–Trinajstić information content (AvgIpc) is 2.81. The molecule has 102 valence electrons. The molecule has 1 heterocycles. The van der Waals surface area contributed by atoms with Gasteiger partial charge in [0.1, 0.15) is 7.14 Å². The normalized spacial score (nSPS) is 14.4. The highest BCUT2D eigenvalue weighted by molar-refractivity contribution is 7.68. The van der Waals surface area contributed by atoms with Crippen LogP contribution in [0.15, 0.2) is 23.5 Å². The largest absolute Gasteiger partial charge is 0.465 e. The number of benzene rings is 1. The van der Waals surface area contributed by atoms with E-state index in [1.54, 1.807) is 24.3 Å². The van der Waals surface area contributed by atoms with Gasteiger partial charge in [0, 0.05) is 0 Å². The molecule has 5 nitrogen and oxygen atoms in total. The topological polar surface area (TPSA) is 61.8 Å². The van der Waals surface area contributed by atoms with Crippen LogP contribution in [0.4, 0.5) is 0 Å². The molecule has 1 aliphatic rings. The van der Waals surface area contributed by atoms with Gasteiger partial charge in [-0.3, -0.25) is 0 Å². The Bertz CT molecular complexity index is 585. The molecular weight excluding hydrogens is 267 g/mol. The number of ether oxygens (including phenoxy) is 3. The van der Waals surface area contributed by atoms with E-state index in [4.69, 9.17) is 9.47 Å². The Morgan fingerprint density at radius 3 is 2.63 bits per heavy atom. The summed E-state index contributed by atoms with van der Waals surface area (Å²) >= 11 is 0. The monoisotopic (exact) mass is 282 g/mol. The van der Waals surface area contributed by atoms with Crippen LogP contribution >= 0.6 is 7.14 Å². The molecule has 0 atom stereocenters. The van der Waals surface area contributed by atoms with Crippen LogP contribution in [0.5, 0.6) is 11.5 Å². The molecule has 2 rings (SSSR count). The molecule has 0 amide bonds. The van der Waals surface area contributed by atoms with Gasteiger partial charge in [-0.1, -0.05) is 6.07 Å². The summed E-state index contributed by atoms with van der Waals surface area (Å²) in [4.78, 5) is 11.7. The van der Waals surface area contributed by atoms with E-state index in [0.29, 0.717) is 17.1 Å². The molecule has 0 radical (unpaired) electrons. The van der Waals surface area contributed by atoms with Gasteiger partial charge in [-0.2, -0.15) is 0 Å². The van der Waals surface area contributed by atoms with Gasteiger partial charge in [-0.15, -0.1) is 0 Å².